The zero-order chi connectivity index (χ0) is 18.7. The number of carbonyl (C=O) groups excluding carboxylic acids is 2. The molecule has 1 aliphatic carbocycles. The van der Waals surface area contributed by atoms with E-state index in [9.17, 15) is 9.59 Å². The molecular formula is C21H24N2O3. The summed E-state index contributed by atoms with van der Waals surface area (Å²) in [6.07, 6.45) is 0.600. The molecule has 5 nitrogen and oxygen atoms in total. The molecule has 0 heterocycles. The Morgan fingerprint density at radius 3 is 2.50 bits per heavy atom. The molecule has 0 spiro atoms. The van der Waals surface area contributed by atoms with Crippen molar-refractivity contribution in [1.29, 1.82) is 0 Å². The number of rotatable bonds is 6. The maximum absolute atomic E-state index is 12.8. The van der Waals surface area contributed by atoms with Crippen molar-refractivity contribution in [3.8, 4) is 5.75 Å². The van der Waals surface area contributed by atoms with Crippen molar-refractivity contribution in [2.45, 2.75) is 20.3 Å². The molecule has 2 aromatic carbocycles. The van der Waals surface area contributed by atoms with Gasteiger partial charge in [-0.05, 0) is 62.2 Å². The van der Waals surface area contributed by atoms with E-state index in [4.69, 9.17) is 4.74 Å². The summed E-state index contributed by atoms with van der Waals surface area (Å²) in [5, 5.41) is 2.88. The Labute approximate surface area is 154 Å². The van der Waals surface area contributed by atoms with Gasteiger partial charge in [0.15, 0.2) is 0 Å². The number of amides is 2. The highest BCUT2D eigenvalue weighted by atomic mass is 16.5. The number of carbonyl (C=O) groups is 2. The molecule has 2 atom stereocenters. The number of nitrogens with zero attached hydrogens (tertiary/aromatic N) is 1. The fourth-order valence-electron chi connectivity index (χ4n) is 3.13. The number of methoxy groups -OCH3 is 1. The summed E-state index contributed by atoms with van der Waals surface area (Å²) in [5.41, 5.74) is 2.71. The van der Waals surface area contributed by atoms with Crippen LogP contribution >= 0.6 is 0 Å². The third-order valence-corrected chi connectivity index (χ3v) is 4.70. The molecule has 0 radical (unpaired) electrons. The average molecular weight is 352 g/mol. The van der Waals surface area contributed by atoms with E-state index in [0.29, 0.717) is 18.7 Å². The Balaban J connectivity index is 1.62. The Kier molecular flexibility index (Phi) is 5.26. The van der Waals surface area contributed by atoms with Crippen molar-refractivity contribution < 1.29 is 14.3 Å². The van der Waals surface area contributed by atoms with E-state index in [-0.39, 0.29) is 23.7 Å². The Hall–Kier alpha value is -2.82. The standard InChI is InChI=1S/C21H24N2O3/c1-4-23(16-7-5-6-14(2)12-16)21(25)19-13-18(19)20(24)22-15-8-10-17(26-3)11-9-15/h5-12,18-19H,4,13H2,1-3H3,(H,22,24). The summed E-state index contributed by atoms with van der Waals surface area (Å²) in [6, 6.07) is 15.1. The van der Waals surface area contributed by atoms with Crippen LogP contribution in [0.25, 0.3) is 0 Å². The predicted molar refractivity (Wildman–Crippen MR) is 102 cm³/mol. The minimum Gasteiger partial charge on any atom is -0.497 e. The van der Waals surface area contributed by atoms with E-state index >= 15 is 0 Å². The van der Waals surface area contributed by atoms with Crippen molar-refractivity contribution in [2.75, 3.05) is 23.9 Å². The van der Waals surface area contributed by atoms with Crippen LogP contribution in [-0.2, 0) is 9.59 Å². The SMILES string of the molecule is CCN(C(=O)C1CC1C(=O)Nc1ccc(OC)cc1)c1cccc(C)c1. The van der Waals surface area contributed by atoms with Crippen LogP contribution in [0.4, 0.5) is 11.4 Å². The third kappa shape index (κ3) is 3.87. The first-order valence-electron chi connectivity index (χ1n) is 8.86. The van der Waals surface area contributed by atoms with Gasteiger partial charge in [-0.3, -0.25) is 9.59 Å². The van der Waals surface area contributed by atoms with Crippen molar-refractivity contribution in [3.05, 3.63) is 54.1 Å². The first-order chi connectivity index (χ1) is 12.5. The van der Waals surface area contributed by atoms with Gasteiger partial charge >= 0.3 is 0 Å². The zero-order valence-corrected chi connectivity index (χ0v) is 15.4. The molecule has 0 aliphatic heterocycles. The van der Waals surface area contributed by atoms with E-state index < -0.39 is 0 Å². The Morgan fingerprint density at radius 2 is 1.88 bits per heavy atom. The minimum atomic E-state index is -0.261. The molecule has 2 aromatic rings. The second kappa shape index (κ2) is 7.60. The van der Waals surface area contributed by atoms with E-state index in [1.807, 2.05) is 38.1 Å². The van der Waals surface area contributed by atoms with E-state index in [1.165, 1.54) is 0 Å². The molecule has 0 aromatic heterocycles. The summed E-state index contributed by atoms with van der Waals surface area (Å²) in [5.74, 6) is 0.151. The van der Waals surface area contributed by atoms with Gasteiger partial charge < -0.3 is 15.0 Å². The maximum atomic E-state index is 12.8. The van der Waals surface area contributed by atoms with Gasteiger partial charge in [-0.2, -0.15) is 0 Å². The Morgan fingerprint density at radius 1 is 1.15 bits per heavy atom. The number of aryl methyl sites for hydroxylation is 1. The van der Waals surface area contributed by atoms with Crippen LogP contribution in [0.2, 0.25) is 0 Å². The molecule has 1 fully saturated rings. The highest BCUT2D eigenvalue weighted by Crippen LogP contribution is 2.41. The monoisotopic (exact) mass is 352 g/mol. The second-order valence-corrected chi connectivity index (χ2v) is 6.59. The lowest BCUT2D eigenvalue weighted by atomic mass is 10.2. The number of anilines is 2. The average Bonchev–Trinajstić information content (AvgIpc) is 3.44. The number of nitrogens with one attached hydrogen (secondary N) is 1. The van der Waals surface area contributed by atoms with Gasteiger partial charge in [-0.1, -0.05) is 12.1 Å². The first kappa shape index (κ1) is 18.0. The van der Waals surface area contributed by atoms with E-state index in [0.717, 1.165) is 17.0 Å². The van der Waals surface area contributed by atoms with Crippen LogP contribution in [0.5, 0.6) is 5.75 Å². The van der Waals surface area contributed by atoms with Crippen LogP contribution in [0, 0.1) is 18.8 Å². The van der Waals surface area contributed by atoms with Crippen molar-refractivity contribution in [2.24, 2.45) is 11.8 Å². The van der Waals surface area contributed by atoms with Gasteiger partial charge in [0.05, 0.1) is 18.9 Å². The van der Waals surface area contributed by atoms with Gasteiger partial charge in [0, 0.05) is 17.9 Å². The van der Waals surface area contributed by atoms with Crippen LogP contribution in [0.15, 0.2) is 48.5 Å². The largest absolute Gasteiger partial charge is 0.497 e. The number of hydrogen-bond acceptors (Lipinski definition) is 3. The predicted octanol–water partition coefficient (Wildman–Crippen LogP) is 3.63. The Bertz CT molecular complexity index is 801. The van der Waals surface area contributed by atoms with Gasteiger partial charge in [0.25, 0.3) is 0 Å². The first-order valence-corrected chi connectivity index (χ1v) is 8.86. The fourth-order valence-corrected chi connectivity index (χ4v) is 3.13. The lowest BCUT2D eigenvalue weighted by Gasteiger charge is -2.21. The lowest BCUT2D eigenvalue weighted by molar-refractivity contribution is -0.123. The van der Waals surface area contributed by atoms with E-state index in [1.54, 1.807) is 36.3 Å². The molecule has 0 saturated heterocycles. The smallest absolute Gasteiger partial charge is 0.230 e. The van der Waals surface area contributed by atoms with Crippen LogP contribution in [-0.4, -0.2) is 25.5 Å². The molecular weight excluding hydrogens is 328 g/mol. The highest BCUT2D eigenvalue weighted by Gasteiger charge is 2.49. The van der Waals surface area contributed by atoms with Gasteiger partial charge in [-0.15, -0.1) is 0 Å². The molecule has 2 amide bonds. The normalized spacial score (nSPS) is 18.1. The molecule has 1 aliphatic rings. The topological polar surface area (TPSA) is 58.6 Å². The fraction of sp³-hybridized carbons (Fsp3) is 0.333. The summed E-state index contributed by atoms with van der Waals surface area (Å²) in [4.78, 5) is 27.0. The summed E-state index contributed by atoms with van der Waals surface area (Å²) < 4.78 is 5.11. The van der Waals surface area contributed by atoms with Crippen molar-refractivity contribution >= 4 is 23.2 Å². The van der Waals surface area contributed by atoms with E-state index in [2.05, 4.69) is 5.32 Å². The molecule has 1 saturated carbocycles. The summed E-state index contributed by atoms with van der Waals surface area (Å²) in [6.45, 7) is 4.55. The van der Waals surface area contributed by atoms with Crippen LogP contribution < -0.4 is 15.0 Å². The number of ether oxygens (including phenoxy) is 1. The minimum absolute atomic E-state index is 0.0213. The third-order valence-electron chi connectivity index (χ3n) is 4.70. The zero-order valence-electron chi connectivity index (χ0n) is 15.4. The molecule has 5 heteroatoms. The molecule has 3 rings (SSSR count). The van der Waals surface area contributed by atoms with Crippen molar-refractivity contribution in [3.63, 3.8) is 0 Å². The van der Waals surface area contributed by atoms with Gasteiger partial charge in [0.2, 0.25) is 11.8 Å². The number of hydrogen-bond donors (Lipinski definition) is 1. The highest BCUT2D eigenvalue weighted by molar-refractivity contribution is 6.04. The quantitative estimate of drug-likeness (QED) is 0.864. The van der Waals surface area contributed by atoms with Crippen molar-refractivity contribution in [1.82, 2.24) is 0 Å². The second-order valence-electron chi connectivity index (χ2n) is 6.59. The van der Waals surface area contributed by atoms with Gasteiger partial charge in [0.1, 0.15) is 5.75 Å². The van der Waals surface area contributed by atoms with Gasteiger partial charge in [-0.25, -0.2) is 0 Å². The lowest BCUT2D eigenvalue weighted by Crippen LogP contribution is -2.33. The molecule has 26 heavy (non-hydrogen) atoms. The molecule has 0 bridgehead atoms. The number of benzene rings is 2. The molecule has 2 unspecified atom stereocenters. The molecule has 136 valence electrons. The van der Waals surface area contributed by atoms with Crippen LogP contribution in [0.3, 0.4) is 0 Å². The molecule has 1 N–H and O–H groups in total. The summed E-state index contributed by atoms with van der Waals surface area (Å²) >= 11 is 0. The van der Waals surface area contributed by atoms with Crippen LogP contribution in [0.1, 0.15) is 18.9 Å². The maximum Gasteiger partial charge on any atom is 0.230 e. The summed E-state index contributed by atoms with van der Waals surface area (Å²) in [7, 11) is 1.60.